The summed E-state index contributed by atoms with van der Waals surface area (Å²) in [6.07, 6.45) is 3.82. The van der Waals surface area contributed by atoms with Crippen LogP contribution in [-0.2, 0) is 4.74 Å². The number of hydrogen-bond donors (Lipinski definition) is 1. The minimum Gasteiger partial charge on any atom is -0.373 e. The largest absolute Gasteiger partial charge is 0.373 e. The Morgan fingerprint density at radius 3 is 2.75 bits per heavy atom. The molecule has 1 aliphatic rings. The van der Waals surface area contributed by atoms with Crippen LogP contribution in [0.4, 0.5) is 0 Å². The minimum absolute atomic E-state index is 0.0543. The predicted octanol–water partition coefficient (Wildman–Crippen LogP) is 1.88. The first-order chi connectivity index (χ1) is 7.64. The van der Waals surface area contributed by atoms with E-state index < -0.39 is 0 Å². The van der Waals surface area contributed by atoms with Gasteiger partial charge in [0, 0.05) is 13.1 Å². The molecule has 0 spiro atoms. The molecule has 1 N–H and O–H groups in total. The molecule has 96 valence electrons. The summed E-state index contributed by atoms with van der Waals surface area (Å²) >= 11 is 0. The van der Waals surface area contributed by atoms with E-state index in [0.29, 0.717) is 0 Å². The van der Waals surface area contributed by atoms with Crippen molar-refractivity contribution < 1.29 is 4.74 Å². The van der Waals surface area contributed by atoms with Gasteiger partial charge in [0.05, 0.1) is 12.2 Å². The standard InChI is InChI=1S/C13H28N2O/c1-4-7-14-8-5-6-9-15-10-11-16-13(2,3)12-15/h14H,4-12H2,1-3H3. The Morgan fingerprint density at radius 2 is 2.06 bits per heavy atom. The fraction of sp³-hybridized carbons (Fsp3) is 1.00. The second-order valence-electron chi connectivity index (χ2n) is 5.34. The number of unbranched alkanes of at least 4 members (excludes halogenated alkanes) is 1. The van der Waals surface area contributed by atoms with Crippen LogP contribution in [0.25, 0.3) is 0 Å². The fourth-order valence-corrected chi connectivity index (χ4v) is 2.19. The van der Waals surface area contributed by atoms with E-state index >= 15 is 0 Å². The van der Waals surface area contributed by atoms with E-state index in [-0.39, 0.29) is 5.60 Å². The first kappa shape index (κ1) is 13.9. The average Bonchev–Trinajstić information content (AvgIpc) is 2.22. The van der Waals surface area contributed by atoms with Crippen LogP contribution in [0.3, 0.4) is 0 Å². The van der Waals surface area contributed by atoms with Gasteiger partial charge in [0.2, 0.25) is 0 Å². The Labute approximate surface area is 101 Å². The van der Waals surface area contributed by atoms with Gasteiger partial charge < -0.3 is 10.1 Å². The number of nitrogens with zero attached hydrogens (tertiary/aromatic N) is 1. The molecule has 1 rings (SSSR count). The van der Waals surface area contributed by atoms with E-state index in [1.54, 1.807) is 0 Å². The van der Waals surface area contributed by atoms with E-state index in [9.17, 15) is 0 Å². The van der Waals surface area contributed by atoms with E-state index in [1.165, 1.54) is 32.4 Å². The summed E-state index contributed by atoms with van der Waals surface area (Å²) < 4.78 is 5.70. The SMILES string of the molecule is CCCNCCCCN1CCOC(C)(C)C1. The second kappa shape index (κ2) is 7.25. The number of rotatable bonds is 7. The van der Waals surface area contributed by atoms with Crippen molar-refractivity contribution in [3.8, 4) is 0 Å². The monoisotopic (exact) mass is 228 g/mol. The van der Waals surface area contributed by atoms with Crippen LogP contribution in [0.1, 0.15) is 40.0 Å². The smallest absolute Gasteiger partial charge is 0.0753 e. The van der Waals surface area contributed by atoms with Crippen molar-refractivity contribution in [2.45, 2.75) is 45.6 Å². The summed E-state index contributed by atoms with van der Waals surface area (Å²) in [7, 11) is 0. The van der Waals surface area contributed by atoms with Crippen LogP contribution in [0.15, 0.2) is 0 Å². The first-order valence-corrected chi connectivity index (χ1v) is 6.71. The van der Waals surface area contributed by atoms with Gasteiger partial charge in [0.25, 0.3) is 0 Å². The van der Waals surface area contributed by atoms with Crippen LogP contribution in [0.2, 0.25) is 0 Å². The van der Waals surface area contributed by atoms with Crippen LogP contribution >= 0.6 is 0 Å². The molecule has 16 heavy (non-hydrogen) atoms. The zero-order valence-corrected chi connectivity index (χ0v) is 11.2. The Balaban J connectivity index is 2.00. The van der Waals surface area contributed by atoms with Gasteiger partial charge in [-0.25, -0.2) is 0 Å². The average molecular weight is 228 g/mol. The molecule has 1 fully saturated rings. The van der Waals surface area contributed by atoms with Crippen molar-refractivity contribution in [3.05, 3.63) is 0 Å². The molecule has 0 atom stereocenters. The van der Waals surface area contributed by atoms with Gasteiger partial charge in [-0.2, -0.15) is 0 Å². The van der Waals surface area contributed by atoms with Crippen molar-refractivity contribution >= 4 is 0 Å². The normalized spacial score (nSPS) is 21.2. The van der Waals surface area contributed by atoms with Crippen molar-refractivity contribution in [2.24, 2.45) is 0 Å². The molecule has 3 heteroatoms. The molecule has 0 aromatic heterocycles. The number of hydrogen-bond acceptors (Lipinski definition) is 3. The summed E-state index contributed by atoms with van der Waals surface area (Å²) in [5.41, 5.74) is 0.0543. The van der Waals surface area contributed by atoms with Gasteiger partial charge in [-0.15, -0.1) is 0 Å². The molecule has 1 aliphatic heterocycles. The van der Waals surface area contributed by atoms with E-state index in [2.05, 4.69) is 31.0 Å². The van der Waals surface area contributed by atoms with Gasteiger partial charge in [-0.05, 0) is 52.7 Å². The maximum absolute atomic E-state index is 5.70. The first-order valence-electron chi connectivity index (χ1n) is 6.71. The van der Waals surface area contributed by atoms with Crippen LogP contribution in [-0.4, -0.2) is 49.8 Å². The lowest BCUT2D eigenvalue weighted by atomic mass is 10.1. The third kappa shape index (κ3) is 5.83. The molecule has 0 aromatic rings. The molecule has 0 radical (unpaired) electrons. The molecule has 0 aliphatic carbocycles. The second-order valence-corrected chi connectivity index (χ2v) is 5.34. The molecule has 1 saturated heterocycles. The molecular formula is C13H28N2O. The number of morpholine rings is 1. The zero-order valence-electron chi connectivity index (χ0n) is 11.2. The highest BCUT2D eigenvalue weighted by atomic mass is 16.5. The molecule has 3 nitrogen and oxygen atoms in total. The Hall–Kier alpha value is -0.120. The lowest BCUT2D eigenvalue weighted by Gasteiger charge is -2.38. The van der Waals surface area contributed by atoms with Crippen molar-refractivity contribution in [3.63, 3.8) is 0 Å². The van der Waals surface area contributed by atoms with Crippen molar-refractivity contribution in [1.82, 2.24) is 10.2 Å². The summed E-state index contributed by atoms with van der Waals surface area (Å²) in [4.78, 5) is 2.53. The molecule has 0 amide bonds. The van der Waals surface area contributed by atoms with Gasteiger partial charge in [0.15, 0.2) is 0 Å². The predicted molar refractivity (Wildman–Crippen MR) is 68.9 cm³/mol. The third-order valence-electron chi connectivity index (χ3n) is 3.01. The molecular weight excluding hydrogens is 200 g/mol. The highest BCUT2D eigenvalue weighted by Crippen LogP contribution is 2.16. The quantitative estimate of drug-likeness (QED) is 0.673. The molecule has 0 bridgehead atoms. The van der Waals surface area contributed by atoms with E-state index in [0.717, 1.165) is 26.2 Å². The van der Waals surface area contributed by atoms with Crippen molar-refractivity contribution in [1.29, 1.82) is 0 Å². The maximum Gasteiger partial charge on any atom is 0.0753 e. The third-order valence-corrected chi connectivity index (χ3v) is 3.01. The van der Waals surface area contributed by atoms with E-state index in [4.69, 9.17) is 4.74 Å². The van der Waals surface area contributed by atoms with Gasteiger partial charge in [0.1, 0.15) is 0 Å². The summed E-state index contributed by atoms with van der Waals surface area (Å²) in [5, 5.41) is 3.45. The van der Waals surface area contributed by atoms with Gasteiger partial charge >= 0.3 is 0 Å². The Morgan fingerprint density at radius 1 is 1.25 bits per heavy atom. The zero-order chi connectivity index (χ0) is 11.9. The van der Waals surface area contributed by atoms with Crippen LogP contribution in [0.5, 0.6) is 0 Å². The molecule has 0 aromatic carbocycles. The molecule has 1 heterocycles. The van der Waals surface area contributed by atoms with Crippen LogP contribution in [0, 0.1) is 0 Å². The lowest BCUT2D eigenvalue weighted by Crippen LogP contribution is -2.48. The van der Waals surface area contributed by atoms with Gasteiger partial charge in [-0.1, -0.05) is 6.92 Å². The topological polar surface area (TPSA) is 24.5 Å². The Kier molecular flexibility index (Phi) is 6.32. The van der Waals surface area contributed by atoms with Crippen molar-refractivity contribution in [2.75, 3.05) is 39.3 Å². The number of ether oxygens (including phenoxy) is 1. The fourth-order valence-electron chi connectivity index (χ4n) is 2.19. The number of nitrogens with one attached hydrogen (secondary N) is 1. The summed E-state index contributed by atoms with van der Waals surface area (Å²) in [5.74, 6) is 0. The Bertz CT molecular complexity index is 183. The molecule has 0 unspecified atom stereocenters. The highest BCUT2D eigenvalue weighted by Gasteiger charge is 2.26. The highest BCUT2D eigenvalue weighted by molar-refractivity contribution is 4.78. The summed E-state index contributed by atoms with van der Waals surface area (Å²) in [6.45, 7) is 13.2. The minimum atomic E-state index is 0.0543. The lowest BCUT2D eigenvalue weighted by molar-refractivity contribution is -0.0860. The summed E-state index contributed by atoms with van der Waals surface area (Å²) in [6, 6.07) is 0. The van der Waals surface area contributed by atoms with Gasteiger partial charge in [-0.3, -0.25) is 4.90 Å². The van der Waals surface area contributed by atoms with Crippen LogP contribution < -0.4 is 5.32 Å². The van der Waals surface area contributed by atoms with E-state index in [1.807, 2.05) is 0 Å². The maximum atomic E-state index is 5.70. The molecule has 0 saturated carbocycles.